The zero-order chi connectivity index (χ0) is 13.1. The van der Waals surface area contributed by atoms with Crippen LogP contribution in [0.4, 0.5) is 0 Å². The lowest BCUT2D eigenvalue weighted by Crippen LogP contribution is -2.36. The number of hydrogen-bond donors (Lipinski definition) is 1. The summed E-state index contributed by atoms with van der Waals surface area (Å²) in [6.07, 6.45) is 8.59. The average Bonchev–Trinajstić information content (AvgIpc) is 2.88. The largest absolute Gasteiger partial charge is 0.310 e. The van der Waals surface area contributed by atoms with Crippen molar-refractivity contribution in [1.29, 1.82) is 0 Å². The molecule has 0 saturated carbocycles. The Bertz CT molecular complexity index is 536. The second kappa shape index (κ2) is 5.89. The predicted octanol–water partition coefficient (Wildman–Crippen LogP) is 4.69. The highest BCUT2D eigenvalue weighted by Gasteiger charge is 2.17. The number of rotatable bonds is 3. The molecule has 1 nitrogen and oxygen atoms in total. The minimum Gasteiger partial charge on any atom is -0.310 e. The zero-order valence-electron chi connectivity index (χ0n) is 11.4. The number of piperidine rings is 1. The van der Waals surface area contributed by atoms with Crippen molar-refractivity contribution < 1.29 is 0 Å². The van der Waals surface area contributed by atoms with E-state index >= 15 is 0 Å². The zero-order valence-corrected chi connectivity index (χ0v) is 12.2. The first-order valence-electron chi connectivity index (χ1n) is 7.25. The number of fused-ring (bicyclic) bond motifs is 1. The molecule has 2 atom stereocenters. The molecule has 0 amide bonds. The molecule has 2 heteroatoms. The first-order valence-corrected chi connectivity index (χ1v) is 8.07. The molecule has 1 aromatic carbocycles. The van der Waals surface area contributed by atoms with Gasteiger partial charge in [-0.15, -0.1) is 11.3 Å². The lowest BCUT2D eigenvalue weighted by atomic mass is 9.90. The van der Waals surface area contributed by atoms with Gasteiger partial charge >= 0.3 is 0 Å². The molecule has 1 aromatic heterocycles. The van der Waals surface area contributed by atoms with Crippen molar-refractivity contribution in [3.63, 3.8) is 0 Å². The Kier molecular flexibility index (Phi) is 4.00. The number of benzene rings is 1. The van der Waals surface area contributed by atoms with Gasteiger partial charge < -0.3 is 5.32 Å². The lowest BCUT2D eigenvalue weighted by molar-refractivity contribution is 0.326. The molecular formula is C17H21NS. The van der Waals surface area contributed by atoms with E-state index in [0.29, 0.717) is 6.04 Å². The second-order valence-corrected chi connectivity index (χ2v) is 6.52. The highest BCUT2D eigenvalue weighted by molar-refractivity contribution is 7.19. The van der Waals surface area contributed by atoms with E-state index in [1.807, 2.05) is 11.3 Å². The minimum atomic E-state index is 0.559. The average molecular weight is 271 g/mol. The third kappa shape index (κ3) is 3.07. The molecule has 1 aliphatic heterocycles. The lowest BCUT2D eigenvalue weighted by Gasteiger charge is -2.27. The van der Waals surface area contributed by atoms with Gasteiger partial charge in [-0.3, -0.25) is 0 Å². The summed E-state index contributed by atoms with van der Waals surface area (Å²) in [5.74, 6) is 0.901. The van der Waals surface area contributed by atoms with Crippen LogP contribution in [0.2, 0.25) is 0 Å². The molecule has 3 rings (SSSR count). The van der Waals surface area contributed by atoms with Gasteiger partial charge in [0.1, 0.15) is 0 Å². The van der Waals surface area contributed by atoms with Crippen LogP contribution in [-0.2, 0) is 0 Å². The van der Waals surface area contributed by atoms with Crippen molar-refractivity contribution in [2.45, 2.75) is 32.2 Å². The normalized spacial score (nSPS) is 24.3. The summed E-state index contributed by atoms with van der Waals surface area (Å²) in [6.45, 7) is 3.47. The minimum absolute atomic E-state index is 0.559. The van der Waals surface area contributed by atoms with Gasteiger partial charge in [0.25, 0.3) is 0 Å². The molecule has 19 heavy (non-hydrogen) atoms. The van der Waals surface area contributed by atoms with Crippen LogP contribution in [0.15, 0.2) is 36.4 Å². The molecule has 2 heterocycles. The predicted molar refractivity (Wildman–Crippen MR) is 85.7 cm³/mol. The standard InChI is InChI=1S/C17H21NS/c1-2-13-9-10-18-15(11-13)7-8-16-12-14-5-3-4-6-17(14)19-16/h3-8,12-13,15,18H,2,9-11H2,1H3/b8-7+. The first kappa shape index (κ1) is 12.9. The number of hydrogen-bond acceptors (Lipinski definition) is 2. The fourth-order valence-corrected chi connectivity index (χ4v) is 3.82. The highest BCUT2D eigenvalue weighted by atomic mass is 32.1. The van der Waals surface area contributed by atoms with E-state index in [1.165, 1.54) is 40.8 Å². The smallest absolute Gasteiger partial charge is 0.0349 e. The summed E-state index contributed by atoms with van der Waals surface area (Å²) in [5, 5.41) is 4.96. The van der Waals surface area contributed by atoms with E-state index < -0.39 is 0 Å². The second-order valence-electron chi connectivity index (χ2n) is 5.40. The van der Waals surface area contributed by atoms with Gasteiger partial charge in [-0.1, -0.05) is 37.6 Å². The molecule has 1 saturated heterocycles. The Morgan fingerprint density at radius 3 is 3.11 bits per heavy atom. The molecule has 0 bridgehead atoms. The fraction of sp³-hybridized carbons (Fsp3) is 0.412. The van der Waals surface area contributed by atoms with Gasteiger partial charge in [-0.05, 0) is 48.9 Å². The van der Waals surface area contributed by atoms with Crippen LogP contribution in [0, 0.1) is 5.92 Å². The van der Waals surface area contributed by atoms with Gasteiger partial charge in [0.05, 0.1) is 0 Å². The number of thiophene rings is 1. The first-order chi connectivity index (χ1) is 9.35. The summed E-state index contributed by atoms with van der Waals surface area (Å²) in [6, 6.07) is 11.5. The fourth-order valence-electron chi connectivity index (χ4n) is 2.85. The topological polar surface area (TPSA) is 12.0 Å². The van der Waals surface area contributed by atoms with E-state index in [1.54, 1.807) is 0 Å². The molecule has 0 aliphatic carbocycles. The van der Waals surface area contributed by atoms with E-state index in [4.69, 9.17) is 0 Å². The SMILES string of the molecule is CCC1CCNC(/C=C/c2cc3ccccc3s2)C1. The molecule has 1 aliphatic rings. The van der Waals surface area contributed by atoms with Gasteiger partial charge in [0.2, 0.25) is 0 Å². The molecule has 2 unspecified atom stereocenters. The van der Waals surface area contributed by atoms with Crippen molar-refractivity contribution in [3.05, 3.63) is 41.3 Å². The third-order valence-electron chi connectivity index (χ3n) is 4.06. The van der Waals surface area contributed by atoms with Crippen LogP contribution in [-0.4, -0.2) is 12.6 Å². The summed E-state index contributed by atoms with van der Waals surface area (Å²) < 4.78 is 1.38. The van der Waals surface area contributed by atoms with Crippen LogP contribution in [0.3, 0.4) is 0 Å². The summed E-state index contributed by atoms with van der Waals surface area (Å²) >= 11 is 1.88. The van der Waals surface area contributed by atoms with E-state index in [-0.39, 0.29) is 0 Å². The molecule has 1 N–H and O–H groups in total. The van der Waals surface area contributed by atoms with Crippen molar-refractivity contribution in [3.8, 4) is 0 Å². The van der Waals surface area contributed by atoms with Crippen molar-refractivity contribution in [2.75, 3.05) is 6.54 Å². The van der Waals surface area contributed by atoms with Crippen molar-refractivity contribution in [1.82, 2.24) is 5.32 Å². The molecule has 1 fully saturated rings. The van der Waals surface area contributed by atoms with Crippen molar-refractivity contribution in [2.24, 2.45) is 5.92 Å². The van der Waals surface area contributed by atoms with Gasteiger partial charge in [-0.25, -0.2) is 0 Å². The Labute approximate surface area is 119 Å². The van der Waals surface area contributed by atoms with Gasteiger partial charge in [-0.2, -0.15) is 0 Å². The molecule has 100 valence electrons. The summed E-state index contributed by atoms with van der Waals surface area (Å²) in [7, 11) is 0. The summed E-state index contributed by atoms with van der Waals surface area (Å²) in [5.41, 5.74) is 0. The maximum absolute atomic E-state index is 3.61. The number of nitrogens with one attached hydrogen (secondary N) is 1. The van der Waals surface area contributed by atoms with Crippen LogP contribution >= 0.6 is 11.3 Å². The van der Waals surface area contributed by atoms with Crippen LogP contribution in [0.5, 0.6) is 0 Å². The Balaban J connectivity index is 1.71. The van der Waals surface area contributed by atoms with E-state index in [0.717, 1.165) is 5.92 Å². The molecular weight excluding hydrogens is 250 g/mol. The quantitative estimate of drug-likeness (QED) is 0.853. The van der Waals surface area contributed by atoms with Gasteiger partial charge in [0.15, 0.2) is 0 Å². The van der Waals surface area contributed by atoms with Gasteiger partial charge in [0, 0.05) is 15.6 Å². The van der Waals surface area contributed by atoms with E-state index in [9.17, 15) is 0 Å². The molecule has 0 radical (unpaired) electrons. The van der Waals surface area contributed by atoms with Crippen LogP contribution < -0.4 is 5.32 Å². The summed E-state index contributed by atoms with van der Waals surface area (Å²) in [4.78, 5) is 1.36. The molecule has 0 spiro atoms. The van der Waals surface area contributed by atoms with Crippen LogP contribution in [0.1, 0.15) is 31.1 Å². The third-order valence-corrected chi connectivity index (χ3v) is 5.14. The Morgan fingerprint density at radius 2 is 2.26 bits per heavy atom. The Hall–Kier alpha value is -1.12. The highest BCUT2D eigenvalue weighted by Crippen LogP contribution is 2.27. The van der Waals surface area contributed by atoms with Crippen molar-refractivity contribution >= 4 is 27.5 Å². The monoisotopic (exact) mass is 271 g/mol. The Morgan fingerprint density at radius 1 is 1.37 bits per heavy atom. The molecule has 2 aromatic rings. The maximum Gasteiger partial charge on any atom is 0.0349 e. The maximum atomic E-state index is 3.61. The van der Waals surface area contributed by atoms with Crippen LogP contribution in [0.25, 0.3) is 16.2 Å². The van der Waals surface area contributed by atoms with E-state index in [2.05, 4.69) is 54.7 Å².